The summed E-state index contributed by atoms with van der Waals surface area (Å²) in [6.45, 7) is 2.79. The van der Waals surface area contributed by atoms with Gasteiger partial charge in [-0.15, -0.1) is 16.4 Å². The van der Waals surface area contributed by atoms with Crippen LogP contribution in [-0.2, 0) is 6.42 Å². The normalized spacial score (nSPS) is 10.8. The summed E-state index contributed by atoms with van der Waals surface area (Å²) in [4.78, 5) is 14.7. The monoisotopic (exact) mass is 401 g/mol. The van der Waals surface area contributed by atoms with Gasteiger partial charge >= 0.3 is 0 Å². The second-order valence-electron chi connectivity index (χ2n) is 6.09. The van der Waals surface area contributed by atoms with E-state index in [2.05, 4.69) is 10.3 Å². The van der Waals surface area contributed by atoms with Crippen LogP contribution in [-0.4, -0.2) is 45.1 Å². The molecule has 0 radical (unpaired) electrons. The Morgan fingerprint density at radius 3 is 2.63 bits per heavy atom. The van der Waals surface area contributed by atoms with Gasteiger partial charge in [0.05, 0.1) is 26.8 Å². The van der Waals surface area contributed by atoms with E-state index in [1.54, 1.807) is 16.8 Å². The molecule has 140 valence electrons. The average Bonchev–Trinajstić information content (AvgIpc) is 3.34. The van der Waals surface area contributed by atoms with E-state index in [9.17, 15) is 4.79 Å². The number of thiophene rings is 1. The molecule has 1 N–H and O–H groups in total. The third kappa shape index (κ3) is 4.61. The van der Waals surface area contributed by atoms with E-state index in [0.717, 1.165) is 23.5 Å². The van der Waals surface area contributed by atoms with Gasteiger partial charge in [-0.2, -0.15) is 0 Å². The summed E-state index contributed by atoms with van der Waals surface area (Å²) in [6, 6.07) is 11.1. The lowest BCUT2D eigenvalue weighted by Gasteiger charge is -2.17. The summed E-state index contributed by atoms with van der Waals surface area (Å²) in [7, 11) is 1.89. The molecule has 3 aromatic rings. The van der Waals surface area contributed by atoms with Gasteiger partial charge < -0.3 is 4.90 Å². The van der Waals surface area contributed by atoms with Crippen molar-refractivity contribution in [1.29, 1.82) is 5.41 Å². The quantitative estimate of drug-likeness (QED) is 0.368. The second kappa shape index (κ2) is 8.45. The highest BCUT2D eigenvalue weighted by atomic mass is 35.5. The minimum absolute atomic E-state index is 0.0596. The van der Waals surface area contributed by atoms with Gasteiger partial charge in [-0.05, 0) is 43.3 Å². The van der Waals surface area contributed by atoms with Crippen molar-refractivity contribution in [2.24, 2.45) is 0 Å². The van der Waals surface area contributed by atoms with Gasteiger partial charge in [0.1, 0.15) is 5.84 Å². The number of rotatable bonds is 7. The van der Waals surface area contributed by atoms with Crippen molar-refractivity contribution in [1.82, 2.24) is 19.9 Å². The number of ketones is 1. The van der Waals surface area contributed by atoms with Crippen molar-refractivity contribution < 1.29 is 4.79 Å². The van der Waals surface area contributed by atoms with E-state index in [-0.39, 0.29) is 5.78 Å². The number of aromatic nitrogens is 3. The van der Waals surface area contributed by atoms with E-state index < -0.39 is 0 Å². The molecule has 2 aromatic heterocycles. The molecule has 6 nitrogen and oxygen atoms in total. The van der Waals surface area contributed by atoms with Crippen LogP contribution in [0.2, 0.25) is 4.34 Å². The van der Waals surface area contributed by atoms with Gasteiger partial charge in [0.2, 0.25) is 0 Å². The summed E-state index contributed by atoms with van der Waals surface area (Å²) in [5, 5.41) is 16.4. The number of nitrogens with zero attached hydrogens (tertiary/aromatic N) is 4. The van der Waals surface area contributed by atoms with Gasteiger partial charge in [-0.3, -0.25) is 10.2 Å². The van der Waals surface area contributed by atoms with Crippen LogP contribution in [0.25, 0.3) is 5.69 Å². The van der Waals surface area contributed by atoms with Crippen LogP contribution < -0.4 is 0 Å². The van der Waals surface area contributed by atoms with Crippen molar-refractivity contribution in [2.45, 2.75) is 19.8 Å². The third-order valence-electron chi connectivity index (χ3n) is 4.26. The van der Waals surface area contributed by atoms with E-state index in [1.165, 1.54) is 11.3 Å². The Morgan fingerprint density at radius 2 is 2.00 bits per heavy atom. The number of hydrogen-bond acceptors (Lipinski definition) is 5. The highest BCUT2D eigenvalue weighted by molar-refractivity contribution is 7.18. The molecule has 0 amide bonds. The van der Waals surface area contributed by atoms with Crippen LogP contribution in [0, 0.1) is 5.41 Å². The van der Waals surface area contributed by atoms with E-state index >= 15 is 0 Å². The topological polar surface area (TPSA) is 74.9 Å². The molecule has 0 bridgehead atoms. The fraction of sp³-hybridized carbons (Fsp3) is 0.263. The number of benzene rings is 1. The minimum Gasteiger partial charge on any atom is -0.360 e. The number of carbonyl (C=O) groups excluding carboxylic acids is 1. The Hall–Kier alpha value is -2.51. The van der Waals surface area contributed by atoms with E-state index in [1.807, 2.05) is 49.3 Å². The standard InChI is InChI=1S/C19H20ClN5OS/c1-3-24(2)19(21)13-4-7-15(8-5-13)25-12-14(22-23-25)6-9-16(26)17-10-11-18(20)27-17/h4-5,7-8,10-12,21H,3,6,9H2,1-2H3. The summed E-state index contributed by atoms with van der Waals surface area (Å²) < 4.78 is 2.30. The Labute approximate surface area is 166 Å². The molecule has 0 fully saturated rings. The molecule has 3 rings (SSSR count). The third-order valence-corrected chi connectivity index (χ3v) is 5.53. The number of aryl methyl sites for hydroxylation is 1. The SMILES string of the molecule is CCN(C)C(=N)c1ccc(-n2cc(CCC(=O)c3ccc(Cl)s3)nn2)cc1. The smallest absolute Gasteiger partial charge is 0.173 e. The molecule has 1 aromatic carbocycles. The zero-order chi connectivity index (χ0) is 19.4. The molecule has 27 heavy (non-hydrogen) atoms. The Kier molecular flexibility index (Phi) is 6.03. The molecule has 0 aliphatic rings. The van der Waals surface area contributed by atoms with Crippen LogP contribution in [0.5, 0.6) is 0 Å². The van der Waals surface area contributed by atoms with E-state index in [0.29, 0.717) is 27.9 Å². The highest BCUT2D eigenvalue weighted by Crippen LogP contribution is 2.23. The van der Waals surface area contributed by atoms with Crippen molar-refractivity contribution in [3.8, 4) is 5.69 Å². The van der Waals surface area contributed by atoms with Gasteiger partial charge in [0.25, 0.3) is 0 Å². The number of nitrogens with one attached hydrogen (secondary N) is 1. The Morgan fingerprint density at radius 1 is 1.26 bits per heavy atom. The zero-order valence-corrected chi connectivity index (χ0v) is 16.7. The first-order valence-electron chi connectivity index (χ1n) is 8.58. The molecule has 0 atom stereocenters. The summed E-state index contributed by atoms with van der Waals surface area (Å²) in [5.74, 6) is 0.542. The fourth-order valence-corrected chi connectivity index (χ4v) is 3.53. The molecule has 0 spiro atoms. The van der Waals surface area contributed by atoms with Gasteiger partial charge in [-0.25, -0.2) is 4.68 Å². The minimum atomic E-state index is 0.0596. The Balaban J connectivity index is 1.63. The first kappa shape index (κ1) is 19.3. The van der Waals surface area contributed by atoms with Crippen molar-refractivity contribution >= 4 is 34.6 Å². The van der Waals surface area contributed by atoms with Crippen molar-refractivity contribution in [3.63, 3.8) is 0 Å². The van der Waals surface area contributed by atoms with Gasteiger partial charge in [-0.1, -0.05) is 16.8 Å². The van der Waals surface area contributed by atoms with Gasteiger partial charge in [0, 0.05) is 32.0 Å². The maximum atomic E-state index is 12.2. The molecule has 0 saturated carbocycles. The molecular formula is C19H20ClN5OS. The Bertz CT molecular complexity index is 947. The fourth-order valence-electron chi connectivity index (χ4n) is 2.52. The molecule has 0 aliphatic carbocycles. The first-order valence-corrected chi connectivity index (χ1v) is 9.77. The number of amidine groups is 1. The van der Waals surface area contributed by atoms with Crippen molar-refractivity contribution in [2.75, 3.05) is 13.6 Å². The van der Waals surface area contributed by atoms with Crippen LogP contribution in [0.3, 0.4) is 0 Å². The second-order valence-corrected chi connectivity index (χ2v) is 7.81. The molecule has 0 saturated heterocycles. The molecule has 8 heteroatoms. The number of carbonyl (C=O) groups is 1. The van der Waals surface area contributed by atoms with Crippen molar-refractivity contribution in [3.05, 3.63) is 63.1 Å². The maximum Gasteiger partial charge on any atom is 0.173 e. The van der Waals surface area contributed by atoms with Crippen LogP contribution in [0.1, 0.15) is 34.3 Å². The lowest BCUT2D eigenvalue weighted by molar-refractivity contribution is 0.0986. The molecular weight excluding hydrogens is 382 g/mol. The lowest BCUT2D eigenvalue weighted by Crippen LogP contribution is -2.26. The summed E-state index contributed by atoms with van der Waals surface area (Å²) in [5.41, 5.74) is 2.47. The van der Waals surface area contributed by atoms with Crippen LogP contribution >= 0.6 is 22.9 Å². The summed E-state index contributed by atoms with van der Waals surface area (Å²) >= 11 is 7.17. The molecule has 0 unspecified atom stereocenters. The predicted octanol–water partition coefficient (Wildman–Crippen LogP) is 4.07. The molecule has 0 aliphatic heterocycles. The van der Waals surface area contributed by atoms with E-state index in [4.69, 9.17) is 17.0 Å². The lowest BCUT2D eigenvalue weighted by atomic mass is 10.1. The van der Waals surface area contributed by atoms with Crippen LogP contribution in [0.4, 0.5) is 0 Å². The number of hydrogen-bond donors (Lipinski definition) is 1. The number of Topliss-reactive ketones (excluding diaryl/α,β-unsaturated/α-hetero) is 1. The first-order chi connectivity index (χ1) is 13.0. The zero-order valence-electron chi connectivity index (χ0n) is 15.1. The average molecular weight is 402 g/mol. The largest absolute Gasteiger partial charge is 0.360 e. The van der Waals surface area contributed by atoms with Gasteiger partial charge in [0.15, 0.2) is 5.78 Å². The number of halogens is 1. The molecule has 2 heterocycles. The maximum absolute atomic E-state index is 12.2. The highest BCUT2D eigenvalue weighted by Gasteiger charge is 2.11. The van der Waals surface area contributed by atoms with Crippen LogP contribution in [0.15, 0.2) is 42.6 Å². The predicted molar refractivity (Wildman–Crippen MR) is 108 cm³/mol. The summed E-state index contributed by atoms with van der Waals surface area (Å²) in [6.07, 6.45) is 2.72.